The van der Waals surface area contributed by atoms with E-state index in [2.05, 4.69) is 43.4 Å². The minimum absolute atomic E-state index is 0.0850. The van der Waals surface area contributed by atoms with Crippen molar-refractivity contribution in [2.24, 2.45) is 0 Å². The highest BCUT2D eigenvalue weighted by Crippen LogP contribution is 2.31. The van der Waals surface area contributed by atoms with Crippen molar-refractivity contribution in [3.63, 3.8) is 0 Å². The van der Waals surface area contributed by atoms with Gasteiger partial charge in [-0.05, 0) is 50.7 Å². The summed E-state index contributed by atoms with van der Waals surface area (Å²) in [5.41, 5.74) is 2.53. The van der Waals surface area contributed by atoms with Crippen LogP contribution in [-0.4, -0.2) is 57.8 Å². The lowest BCUT2D eigenvalue weighted by molar-refractivity contribution is -0.134. The normalized spacial score (nSPS) is 20.8. The van der Waals surface area contributed by atoms with Gasteiger partial charge in [-0.3, -0.25) is 14.3 Å². The van der Waals surface area contributed by atoms with Crippen LogP contribution < -0.4 is 5.32 Å². The van der Waals surface area contributed by atoms with Crippen LogP contribution in [0.3, 0.4) is 0 Å². The Morgan fingerprint density at radius 3 is 2.57 bits per heavy atom. The number of nitrogens with zero attached hydrogens (tertiary/aromatic N) is 3. The van der Waals surface area contributed by atoms with Crippen molar-refractivity contribution in [3.05, 3.63) is 41.6 Å². The smallest absolute Gasteiger partial charge is 0.273 e. The predicted octanol–water partition coefficient (Wildman–Crippen LogP) is 4.76. The summed E-state index contributed by atoms with van der Waals surface area (Å²) in [6.45, 7) is 10.2. The number of carbonyl (C=O) groups is 2. The topological polar surface area (TPSA) is 76.5 Å². The Hall–Kier alpha value is -2.67. The fourth-order valence-electron chi connectivity index (χ4n) is 5.23. The van der Waals surface area contributed by atoms with Crippen LogP contribution in [0.5, 0.6) is 0 Å². The zero-order valence-corrected chi connectivity index (χ0v) is 21.7. The number of benzene rings is 1. The van der Waals surface area contributed by atoms with Gasteiger partial charge in [0.05, 0.1) is 12.2 Å². The maximum absolute atomic E-state index is 13.7. The molecule has 0 radical (unpaired) electrons. The van der Waals surface area contributed by atoms with E-state index >= 15 is 0 Å². The van der Waals surface area contributed by atoms with E-state index in [-0.39, 0.29) is 17.9 Å². The third kappa shape index (κ3) is 5.45. The Kier molecular flexibility index (Phi) is 7.95. The van der Waals surface area contributed by atoms with Crippen molar-refractivity contribution in [1.82, 2.24) is 20.0 Å². The number of rotatable bonds is 9. The third-order valence-electron chi connectivity index (χ3n) is 7.47. The second-order valence-electron chi connectivity index (χ2n) is 10.4. The Labute approximate surface area is 209 Å². The van der Waals surface area contributed by atoms with Crippen molar-refractivity contribution in [2.45, 2.75) is 90.3 Å². The second kappa shape index (κ2) is 10.9. The molecule has 0 unspecified atom stereocenters. The molecule has 1 aromatic heterocycles. The average molecular weight is 481 g/mol. The largest absolute Gasteiger partial charge is 0.382 e. The monoisotopic (exact) mass is 480 g/mol. The summed E-state index contributed by atoms with van der Waals surface area (Å²) in [7, 11) is 0. The molecule has 2 aromatic rings. The van der Waals surface area contributed by atoms with Crippen molar-refractivity contribution < 1.29 is 14.3 Å². The van der Waals surface area contributed by atoms with Crippen LogP contribution in [-0.2, 0) is 16.1 Å². The molecule has 1 aliphatic heterocycles. The minimum Gasteiger partial charge on any atom is -0.382 e. The summed E-state index contributed by atoms with van der Waals surface area (Å²) in [6.07, 6.45) is 6.20. The Bertz CT molecular complexity index is 1020. The van der Waals surface area contributed by atoms with E-state index in [1.165, 1.54) is 12.0 Å². The van der Waals surface area contributed by atoms with Crippen LogP contribution in [0.15, 0.2) is 30.3 Å². The van der Waals surface area contributed by atoms with Gasteiger partial charge in [-0.25, -0.2) is 0 Å². The first-order valence-electron chi connectivity index (χ1n) is 13.2. The van der Waals surface area contributed by atoms with Crippen molar-refractivity contribution in [3.8, 4) is 11.3 Å². The summed E-state index contributed by atoms with van der Waals surface area (Å²) in [5, 5.41) is 8.04. The zero-order valence-electron chi connectivity index (χ0n) is 21.7. The number of carbonyl (C=O) groups excluding carboxylic acids is 2. The SMILES string of the molecule is CCOCCCN1C(=O)c2cc(-c3ccc(C(C)C)cc3)nn2C[C@]1(C)C(=O)NC1CCCCC1. The number of ether oxygens (including phenoxy) is 1. The molecule has 4 rings (SSSR count). The van der Waals surface area contributed by atoms with E-state index in [0.29, 0.717) is 44.3 Å². The highest BCUT2D eigenvalue weighted by Gasteiger charge is 2.48. The number of amides is 2. The highest BCUT2D eigenvalue weighted by atomic mass is 16.5. The molecule has 1 aromatic carbocycles. The number of hydrogen-bond acceptors (Lipinski definition) is 4. The van der Waals surface area contributed by atoms with Gasteiger partial charge >= 0.3 is 0 Å². The molecule has 1 saturated carbocycles. The van der Waals surface area contributed by atoms with E-state index in [9.17, 15) is 9.59 Å². The lowest BCUT2D eigenvalue weighted by Crippen LogP contribution is -2.65. The molecular weight excluding hydrogens is 440 g/mol. The van der Waals surface area contributed by atoms with Crippen LogP contribution in [0.25, 0.3) is 11.3 Å². The van der Waals surface area contributed by atoms with Gasteiger partial charge in [0.15, 0.2) is 0 Å². The third-order valence-corrected chi connectivity index (χ3v) is 7.47. The number of hydrogen-bond donors (Lipinski definition) is 1. The molecule has 0 spiro atoms. The van der Waals surface area contributed by atoms with E-state index in [0.717, 1.165) is 36.9 Å². The van der Waals surface area contributed by atoms with Gasteiger partial charge in [0.25, 0.3) is 5.91 Å². The van der Waals surface area contributed by atoms with Crippen molar-refractivity contribution in [2.75, 3.05) is 19.8 Å². The molecule has 0 saturated heterocycles. The molecule has 35 heavy (non-hydrogen) atoms. The first-order chi connectivity index (χ1) is 16.8. The van der Waals surface area contributed by atoms with Crippen LogP contribution in [0.1, 0.15) is 88.2 Å². The Balaban J connectivity index is 1.61. The first kappa shape index (κ1) is 25.4. The van der Waals surface area contributed by atoms with Gasteiger partial charge in [-0.15, -0.1) is 0 Å². The minimum atomic E-state index is -1.00. The Morgan fingerprint density at radius 2 is 1.91 bits per heavy atom. The molecule has 1 fully saturated rings. The maximum Gasteiger partial charge on any atom is 0.273 e. The molecule has 2 aliphatic rings. The van der Waals surface area contributed by atoms with Crippen LogP contribution in [0.4, 0.5) is 0 Å². The second-order valence-corrected chi connectivity index (χ2v) is 10.4. The van der Waals surface area contributed by atoms with Gasteiger partial charge in [0.2, 0.25) is 5.91 Å². The van der Waals surface area contributed by atoms with Crippen LogP contribution in [0.2, 0.25) is 0 Å². The lowest BCUT2D eigenvalue weighted by atomic mass is 9.91. The van der Waals surface area contributed by atoms with E-state index < -0.39 is 5.54 Å². The molecule has 0 bridgehead atoms. The molecule has 7 heteroatoms. The zero-order chi connectivity index (χ0) is 25.0. The van der Waals surface area contributed by atoms with Gasteiger partial charge in [0, 0.05) is 31.4 Å². The summed E-state index contributed by atoms with van der Waals surface area (Å²) in [6, 6.07) is 10.4. The van der Waals surface area contributed by atoms with Gasteiger partial charge in [-0.2, -0.15) is 5.10 Å². The summed E-state index contributed by atoms with van der Waals surface area (Å²) in [4.78, 5) is 29.1. The molecule has 7 nitrogen and oxygen atoms in total. The van der Waals surface area contributed by atoms with Crippen LogP contribution >= 0.6 is 0 Å². The van der Waals surface area contributed by atoms with E-state index in [1.807, 2.05) is 19.9 Å². The van der Waals surface area contributed by atoms with Gasteiger partial charge in [-0.1, -0.05) is 57.4 Å². The molecular formula is C28H40N4O3. The fraction of sp³-hybridized carbons (Fsp3) is 0.607. The maximum atomic E-state index is 13.7. The average Bonchev–Trinajstić information content (AvgIpc) is 3.28. The quantitative estimate of drug-likeness (QED) is 0.525. The summed E-state index contributed by atoms with van der Waals surface area (Å²) in [5.74, 6) is 0.221. The first-order valence-corrected chi connectivity index (χ1v) is 13.2. The molecule has 2 heterocycles. The summed E-state index contributed by atoms with van der Waals surface area (Å²) >= 11 is 0. The number of fused-ring (bicyclic) bond motifs is 1. The molecule has 1 N–H and O–H groups in total. The van der Waals surface area contributed by atoms with Gasteiger partial charge in [0.1, 0.15) is 11.2 Å². The Morgan fingerprint density at radius 1 is 1.20 bits per heavy atom. The highest BCUT2D eigenvalue weighted by molar-refractivity contribution is 6.00. The number of nitrogens with one attached hydrogen (secondary N) is 1. The van der Waals surface area contributed by atoms with Crippen molar-refractivity contribution >= 4 is 11.8 Å². The molecule has 1 atom stereocenters. The van der Waals surface area contributed by atoms with E-state index in [1.54, 1.807) is 9.58 Å². The lowest BCUT2D eigenvalue weighted by Gasteiger charge is -2.44. The standard InChI is InChI=1S/C28H40N4O3/c1-5-35-17-9-16-31-26(33)25-18-24(22-14-12-21(13-15-22)20(2)3)30-32(25)19-28(31,4)27(34)29-23-10-7-6-8-11-23/h12-15,18,20,23H,5-11,16-17,19H2,1-4H3,(H,29,34)/t28-/m1/s1. The predicted molar refractivity (Wildman–Crippen MR) is 137 cm³/mol. The van der Waals surface area contributed by atoms with Gasteiger partial charge < -0.3 is 15.0 Å². The molecule has 190 valence electrons. The van der Waals surface area contributed by atoms with Crippen LogP contribution in [0, 0.1) is 0 Å². The number of aromatic nitrogens is 2. The molecule has 1 aliphatic carbocycles. The fourth-order valence-corrected chi connectivity index (χ4v) is 5.23. The van der Waals surface area contributed by atoms with Crippen molar-refractivity contribution in [1.29, 1.82) is 0 Å². The van der Waals surface area contributed by atoms with E-state index in [4.69, 9.17) is 9.84 Å². The molecule has 2 amide bonds. The summed E-state index contributed by atoms with van der Waals surface area (Å²) < 4.78 is 7.24.